The second kappa shape index (κ2) is 5.55. The highest BCUT2D eigenvalue weighted by Gasteiger charge is 2.18. The zero-order chi connectivity index (χ0) is 14.8. The molecule has 5 nitrogen and oxygen atoms in total. The topological polar surface area (TPSA) is 70.8 Å². The zero-order valence-electron chi connectivity index (χ0n) is 11.4. The van der Waals surface area contributed by atoms with Gasteiger partial charge >= 0.3 is 0 Å². The number of aromatic nitrogens is 3. The van der Waals surface area contributed by atoms with Gasteiger partial charge in [0.2, 0.25) is 0 Å². The molecule has 0 bridgehead atoms. The largest absolute Gasteiger partial charge is 0.296 e. The molecule has 1 aromatic carbocycles. The van der Waals surface area contributed by atoms with Crippen LogP contribution in [0.3, 0.4) is 0 Å². The number of hydrazine groups is 1. The standard InChI is InChI=1S/C15H14ClN5/c1-21(17)15-13(10-6-8-18-9-7-10)14(19-20-15)11-2-4-12(16)5-3-11/h2-9H,17H2,1H3,(H,19,20). The minimum Gasteiger partial charge on any atom is -0.296 e. The van der Waals surface area contributed by atoms with Crippen molar-refractivity contribution in [3.63, 3.8) is 0 Å². The summed E-state index contributed by atoms with van der Waals surface area (Å²) in [5.41, 5.74) is 3.82. The van der Waals surface area contributed by atoms with Gasteiger partial charge in [0, 0.05) is 30.0 Å². The van der Waals surface area contributed by atoms with E-state index in [4.69, 9.17) is 17.4 Å². The van der Waals surface area contributed by atoms with Crippen molar-refractivity contribution < 1.29 is 0 Å². The van der Waals surface area contributed by atoms with E-state index in [9.17, 15) is 0 Å². The van der Waals surface area contributed by atoms with Crippen LogP contribution in [0.1, 0.15) is 0 Å². The number of rotatable bonds is 3. The number of hydrogen-bond acceptors (Lipinski definition) is 4. The first-order chi connectivity index (χ1) is 10.2. The number of H-pyrrole nitrogens is 1. The zero-order valence-corrected chi connectivity index (χ0v) is 12.2. The van der Waals surface area contributed by atoms with Crippen LogP contribution in [0, 0.1) is 0 Å². The van der Waals surface area contributed by atoms with Gasteiger partial charge in [-0.1, -0.05) is 23.7 Å². The molecule has 0 saturated carbocycles. The fraction of sp³-hybridized carbons (Fsp3) is 0.0667. The quantitative estimate of drug-likeness (QED) is 0.576. The van der Waals surface area contributed by atoms with Gasteiger partial charge < -0.3 is 0 Å². The van der Waals surface area contributed by atoms with E-state index in [1.165, 1.54) is 5.01 Å². The van der Waals surface area contributed by atoms with Gasteiger partial charge in [-0.15, -0.1) is 0 Å². The van der Waals surface area contributed by atoms with E-state index < -0.39 is 0 Å². The molecule has 3 N–H and O–H groups in total. The number of nitrogens with two attached hydrogens (primary N) is 1. The van der Waals surface area contributed by atoms with E-state index in [0.717, 1.165) is 22.4 Å². The van der Waals surface area contributed by atoms with E-state index in [2.05, 4.69) is 15.2 Å². The number of anilines is 1. The van der Waals surface area contributed by atoms with Crippen LogP contribution in [0.25, 0.3) is 22.4 Å². The second-order valence-corrected chi connectivity index (χ2v) is 5.09. The molecule has 0 fully saturated rings. The number of nitrogens with one attached hydrogen (secondary N) is 1. The Morgan fingerprint density at radius 2 is 1.71 bits per heavy atom. The summed E-state index contributed by atoms with van der Waals surface area (Å²) in [5, 5.41) is 9.55. The summed E-state index contributed by atoms with van der Waals surface area (Å²) in [5.74, 6) is 6.55. The fourth-order valence-corrected chi connectivity index (χ4v) is 2.33. The molecular formula is C15H14ClN5. The Morgan fingerprint density at radius 1 is 1.05 bits per heavy atom. The Hall–Kier alpha value is -2.37. The van der Waals surface area contributed by atoms with Gasteiger partial charge in [0.25, 0.3) is 0 Å². The molecule has 0 spiro atoms. The Balaban J connectivity index is 2.20. The van der Waals surface area contributed by atoms with Crippen molar-refractivity contribution >= 4 is 17.4 Å². The second-order valence-electron chi connectivity index (χ2n) is 4.65. The summed E-state index contributed by atoms with van der Waals surface area (Å²) in [6, 6.07) is 11.4. The van der Waals surface area contributed by atoms with Crippen LogP contribution in [0.15, 0.2) is 48.8 Å². The fourth-order valence-electron chi connectivity index (χ4n) is 2.21. The number of pyridine rings is 1. The van der Waals surface area contributed by atoms with E-state index in [-0.39, 0.29) is 0 Å². The maximum Gasteiger partial charge on any atom is 0.172 e. The number of aromatic amines is 1. The smallest absolute Gasteiger partial charge is 0.172 e. The molecule has 0 amide bonds. The maximum absolute atomic E-state index is 5.95. The normalized spacial score (nSPS) is 10.6. The Kier molecular flexibility index (Phi) is 3.60. The van der Waals surface area contributed by atoms with Crippen molar-refractivity contribution in [1.82, 2.24) is 15.2 Å². The molecule has 0 unspecified atom stereocenters. The minimum absolute atomic E-state index is 0.672. The summed E-state index contributed by atoms with van der Waals surface area (Å²) in [7, 11) is 1.76. The molecule has 0 saturated heterocycles. The molecule has 2 aromatic heterocycles. The maximum atomic E-state index is 5.95. The third-order valence-electron chi connectivity index (χ3n) is 3.18. The lowest BCUT2D eigenvalue weighted by molar-refractivity contribution is 0.954. The number of hydrogen-bond donors (Lipinski definition) is 2. The van der Waals surface area contributed by atoms with E-state index in [1.54, 1.807) is 19.4 Å². The van der Waals surface area contributed by atoms with Crippen molar-refractivity contribution in [1.29, 1.82) is 0 Å². The predicted molar refractivity (Wildman–Crippen MR) is 84.9 cm³/mol. The summed E-state index contributed by atoms with van der Waals surface area (Å²) in [6.45, 7) is 0. The van der Waals surface area contributed by atoms with Gasteiger partial charge in [0.15, 0.2) is 5.82 Å². The monoisotopic (exact) mass is 299 g/mol. The van der Waals surface area contributed by atoms with Crippen LogP contribution in [0.2, 0.25) is 5.02 Å². The van der Waals surface area contributed by atoms with E-state index >= 15 is 0 Å². The Bertz CT molecular complexity index is 735. The molecular weight excluding hydrogens is 286 g/mol. The van der Waals surface area contributed by atoms with Crippen LogP contribution in [-0.2, 0) is 0 Å². The van der Waals surface area contributed by atoms with Crippen LogP contribution in [0.5, 0.6) is 0 Å². The molecule has 3 aromatic rings. The average Bonchev–Trinajstić information content (AvgIpc) is 2.94. The third-order valence-corrected chi connectivity index (χ3v) is 3.44. The van der Waals surface area contributed by atoms with Crippen molar-refractivity contribution in [2.75, 3.05) is 12.1 Å². The molecule has 106 valence electrons. The van der Waals surface area contributed by atoms with Crippen LogP contribution < -0.4 is 10.9 Å². The minimum atomic E-state index is 0.672. The first kappa shape index (κ1) is 13.6. The Morgan fingerprint density at radius 3 is 2.33 bits per heavy atom. The van der Waals surface area contributed by atoms with Crippen LogP contribution in [-0.4, -0.2) is 22.2 Å². The van der Waals surface area contributed by atoms with Crippen LogP contribution in [0.4, 0.5) is 5.82 Å². The van der Waals surface area contributed by atoms with E-state index in [0.29, 0.717) is 10.8 Å². The predicted octanol–water partition coefficient (Wildman–Crippen LogP) is 3.10. The van der Waals surface area contributed by atoms with Crippen molar-refractivity contribution in [3.8, 4) is 22.4 Å². The highest BCUT2D eigenvalue weighted by molar-refractivity contribution is 6.30. The lowest BCUT2D eigenvalue weighted by Crippen LogP contribution is -2.26. The molecule has 21 heavy (non-hydrogen) atoms. The summed E-state index contributed by atoms with van der Waals surface area (Å²) < 4.78 is 0. The highest BCUT2D eigenvalue weighted by Crippen LogP contribution is 2.36. The number of benzene rings is 1. The van der Waals surface area contributed by atoms with E-state index in [1.807, 2.05) is 36.4 Å². The average molecular weight is 300 g/mol. The number of nitrogens with zero attached hydrogens (tertiary/aromatic N) is 3. The van der Waals surface area contributed by atoms with Crippen molar-refractivity contribution in [2.24, 2.45) is 5.84 Å². The van der Waals surface area contributed by atoms with Gasteiger partial charge in [0.05, 0.1) is 11.3 Å². The molecule has 2 heterocycles. The van der Waals surface area contributed by atoms with Crippen LogP contribution >= 0.6 is 11.6 Å². The summed E-state index contributed by atoms with van der Waals surface area (Å²) >= 11 is 5.95. The van der Waals surface area contributed by atoms with Crippen molar-refractivity contribution in [2.45, 2.75) is 0 Å². The van der Waals surface area contributed by atoms with Gasteiger partial charge in [0.1, 0.15) is 0 Å². The van der Waals surface area contributed by atoms with Crippen molar-refractivity contribution in [3.05, 3.63) is 53.8 Å². The van der Waals surface area contributed by atoms with Gasteiger partial charge in [-0.2, -0.15) is 5.10 Å². The summed E-state index contributed by atoms with van der Waals surface area (Å²) in [4.78, 5) is 4.05. The highest BCUT2D eigenvalue weighted by atomic mass is 35.5. The molecule has 0 aliphatic carbocycles. The van der Waals surface area contributed by atoms with Gasteiger partial charge in [-0.25, -0.2) is 5.84 Å². The third kappa shape index (κ3) is 2.61. The molecule has 0 aliphatic rings. The van der Waals surface area contributed by atoms with Gasteiger partial charge in [-0.05, 0) is 29.8 Å². The Labute approximate surface area is 127 Å². The SMILES string of the molecule is CN(N)c1n[nH]c(-c2ccc(Cl)cc2)c1-c1ccncc1. The molecule has 0 radical (unpaired) electrons. The number of halogens is 1. The first-order valence-corrected chi connectivity index (χ1v) is 6.77. The molecule has 0 aliphatic heterocycles. The summed E-state index contributed by atoms with van der Waals surface area (Å²) in [6.07, 6.45) is 3.49. The first-order valence-electron chi connectivity index (χ1n) is 6.40. The molecule has 3 rings (SSSR count). The lowest BCUT2D eigenvalue weighted by atomic mass is 10.0. The van der Waals surface area contributed by atoms with Gasteiger partial charge in [-0.3, -0.25) is 15.1 Å². The molecule has 0 atom stereocenters. The molecule has 6 heteroatoms. The lowest BCUT2D eigenvalue weighted by Gasteiger charge is -2.12.